The Morgan fingerprint density at radius 1 is 1.56 bits per heavy atom. The highest BCUT2D eigenvalue weighted by molar-refractivity contribution is 7.99. The van der Waals surface area contributed by atoms with Crippen LogP contribution in [0.15, 0.2) is 6.20 Å². The van der Waals surface area contributed by atoms with Crippen molar-refractivity contribution in [3.63, 3.8) is 0 Å². The molecule has 1 saturated carbocycles. The number of aliphatic hydroxyl groups is 1. The van der Waals surface area contributed by atoms with Crippen LogP contribution in [0.4, 0.5) is 0 Å². The minimum Gasteiger partial charge on any atom is -0.386 e. The third-order valence-corrected chi connectivity index (χ3v) is 5.12. The van der Waals surface area contributed by atoms with Gasteiger partial charge in [0.15, 0.2) is 0 Å². The predicted molar refractivity (Wildman–Crippen MR) is 77.2 cm³/mol. The van der Waals surface area contributed by atoms with E-state index in [-0.39, 0.29) is 0 Å². The second-order valence-corrected chi connectivity index (χ2v) is 6.60. The first-order chi connectivity index (χ1) is 8.72. The molecule has 0 aliphatic heterocycles. The summed E-state index contributed by atoms with van der Waals surface area (Å²) in [5.41, 5.74) is 0.781. The smallest absolute Gasteiger partial charge is 0.106 e. The molecule has 1 atom stereocenters. The number of halogens is 1. The van der Waals surface area contributed by atoms with Crippen molar-refractivity contribution in [1.82, 2.24) is 9.78 Å². The molecule has 1 aliphatic rings. The van der Waals surface area contributed by atoms with Crippen LogP contribution in [0.3, 0.4) is 0 Å². The monoisotopic (exact) mass is 288 g/mol. The summed E-state index contributed by atoms with van der Waals surface area (Å²) in [6.07, 6.45) is 7.38. The molecule has 1 aromatic rings. The first-order valence-corrected chi connectivity index (χ1v) is 8.16. The third kappa shape index (κ3) is 3.43. The molecule has 0 saturated heterocycles. The van der Waals surface area contributed by atoms with Crippen molar-refractivity contribution in [1.29, 1.82) is 0 Å². The van der Waals surface area contributed by atoms with E-state index in [4.69, 9.17) is 11.6 Å². The number of thioether (sulfide) groups is 1. The lowest BCUT2D eigenvalue weighted by molar-refractivity contribution is 0.191. The van der Waals surface area contributed by atoms with Gasteiger partial charge < -0.3 is 5.11 Å². The van der Waals surface area contributed by atoms with E-state index in [1.807, 2.05) is 16.4 Å². The SMILES string of the molecule is CCCn1ncc(Cl)c1C(O)CSC1CCCC1. The summed E-state index contributed by atoms with van der Waals surface area (Å²) >= 11 is 7.99. The Hall–Kier alpha value is -0.190. The Morgan fingerprint density at radius 2 is 2.28 bits per heavy atom. The van der Waals surface area contributed by atoms with Gasteiger partial charge in [0.05, 0.1) is 16.9 Å². The van der Waals surface area contributed by atoms with Gasteiger partial charge in [-0.25, -0.2) is 0 Å². The maximum absolute atomic E-state index is 10.3. The van der Waals surface area contributed by atoms with E-state index < -0.39 is 6.10 Å². The van der Waals surface area contributed by atoms with Crippen LogP contribution in [-0.2, 0) is 6.54 Å². The molecule has 0 aromatic carbocycles. The fraction of sp³-hybridized carbons (Fsp3) is 0.769. The van der Waals surface area contributed by atoms with Crippen LogP contribution >= 0.6 is 23.4 Å². The van der Waals surface area contributed by atoms with Crippen molar-refractivity contribution in [3.05, 3.63) is 16.9 Å². The van der Waals surface area contributed by atoms with Crippen LogP contribution in [0.5, 0.6) is 0 Å². The number of aromatic nitrogens is 2. The summed E-state index contributed by atoms with van der Waals surface area (Å²) in [4.78, 5) is 0. The first-order valence-electron chi connectivity index (χ1n) is 6.73. The third-order valence-electron chi connectivity index (χ3n) is 3.38. The summed E-state index contributed by atoms with van der Waals surface area (Å²) in [6.45, 7) is 2.91. The van der Waals surface area contributed by atoms with E-state index in [1.54, 1.807) is 6.20 Å². The van der Waals surface area contributed by atoms with Crippen molar-refractivity contribution in [2.75, 3.05) is 5.75 Å². The number of hydrogen-bond acceptors (Lipinski definition) is 3. The van der Waals surface area contributed by atoms with Gasteiger partial charge in [-0.05, 0) is 19.3 Å². The van der Waals surface area contributed by atoms with Gasteiger partial charge in [-0.15, -0.1) is 0 Å². The van der Waals surface area contributed by atoms with Crippen molar-refractivity contribution >= 4 is 23.4 Å². The maximum atomic E-state index is 10.3. The van der Waals surface area contributed by atoms with Gasteiger partial charge in [0.25, 0.3) is 0 Å². The summed E-state index contributed by atoms with van der Waals surface area (Å²) in [6, 6.07) is 0. The molecule has 1 N–H and O–H groups in total. The lowest BCUT2D eigenvalue weighted by Gasteiger charge is -2.15. The Labute approximate surface area is 118 Å². The zero-order valence-corrected chi connectivity index (χ0v) is 12.4. The molecule has 2 rings (SSSR count). The molecule has 1 aliphatic carbocycles. The Kier molecular flexibility index (Phi) is 5.39. The highest BCUT2D eigenvalue weighted by Crippen LogP contribution is 2.33. The van der Waals surface area contributed by atoms with Crippen LogP contribution in [0.1, 0.15) is 50.8 Å². The van der Waals surface area contributed by atoms with E-state index in [9.17, 15) is 5.11 Å². The molecular weight excluding hydrogens is 268 g/mol. The molecule has 3 nitrogen and oxygen atoms in total. The molecule has 5 heteroatoms. The first kappa shape index (κ1) is 14.2. The van der Waals surface area contributed by atoms with Gasteiger partial charge in [-0.1, -0.05) is 31.4 Å². The van der Waals surface area contributed by atoms with Gasteiger partial charge >= 0.3 is 0 Å². The van der Waals surface area contributed by atoms with Crippen molar-refractivity contribution in [2.45, 2.75) is 56.9 Å². The van der Waals surface area contributed by atoms with Crippen molar-refractivity contribution < 1.29 is 5.11 Å². The van der Waals surface area contributed by atoms with Gasteiger partial charge in [0, 0.05) is 17.5 Å². The fourth-order valence-electron chi connectivity index (χ4n) is 2.45. The largest absolute Gasteiger partial charge is 0.386 e. The second kappa shape index (κ2) is 6.83. The average molecular weight is 289 g/mol. The van der Waals surface area contributed by atoms with Crippen molar-refractivity contribution in [3.8, 4) is 0 Å². The average Bonchev–Trinajstić information content (AvgIpc) is 2.97. The van der Waals surface area contributed by atoms with E-state index in [0.29, 0.717) is 5.02 Å². The molecule has 0 amide bonds. The molecule has 102 valence electrons. The predicted octanol–water partition coefficient (Wildman–Crippen LogP) is 3.66. The molecule has 0 radical (unpaired) electrons. The molecule has 0 bridgehead atoms. The highest BCUT2D eigenvalue weighted by Gasteiger charge is 2.21. The van der Waals surface area contributed by atoms with E-state index in [2.05, 4.69) is 12.0 Å². The summed E-state index contributed by atoms with van der Waals surface area (Å²) in [5.74, 6) is 0.722. The zero-order valence-electron chi connectivity index (χ0n) is 10.8. The quantitative estimate of drug-likeness (QED) is 0.868. The Bertz CT molecular complexity index is 377. The minimum absolute atomic E-state index is 0.503. The topological polar surface area (TPSA) is 38.0 Å². The van der Waals surface area contributed by atoms with Gasteiger partial charge in [-0.3, -0.25) is 4.68 Å². The number of aliphatic hydroxyl groups excluding tert-OH is 1. The molecule has 18 heavy (non-hydrogen) atoms. The number of hydrogen-bond donors (Lipinski definition) is 1. The van der Waals surface area contributed by atoms with E-state index in [0.717, 1.165) is 29.7 Å². The van der Waals surface area contributed by atoms with Crippen LogP contribution in [-0.4, -0.2) is 25.9 Å². The van der Waals surface area contributed by atoms with Crippen LogP contribution < -0.4 is 0 Å². The molecule has 1 heterocycles. The minimum atomic E-state index is -0.503. The number of aryl methyl sites for hydroxylation is 1. The van der Waals surface area contributed by atoms with Crippen molar-refractivity contribution in [2.24, 2.45) is 0 Å². The lowest BCUT2D eigenvalue weighted by atomic mass is 10.3. The van der Waals surface area contributed by atoms with Crippen LogP contribution in [0.25, 0.3) is 0 Å². The fourth-order valence-corrected chi connectivity index (χ4v) is 4.00. The molecular formula is C13H21ClN2OS. The second-order valence-electron chi connectivity index (χ2n) is 4.86. The maximum Gasteiger partial charge on any atom is 0.106 e. The zero-order chi connectivity index (χ0) is 13.0. The summed E-state index contributed by atoms with van der Waals surface area (Å²) in [7, 11) is 0. The van der Waals surface area contributed by atoms with Crippen LogP contribution in [0, 0.1) is 0 Å². The number of nitrogens with zero attached hydrogens (tertiary/aromatic N) is 2. The number of rotatable bonds is 6. The van der Waals surface area contributed by atoms with Gasteiger partial charge in [0.1, 0.15) is 6.10 Å². The highest BCUT2D eigenvalue weighted by atomic mass is 35.5. The van der Waals surface area contributed by atoms with Gasteiger partial charge in [0.2, 0.25) is 0 Å². The lowest BCUT2D eigenvalue weighted by Crippen LogP contribution is -2.12. The molecule has 1 unspecified atom stereocenters. The van der Waals surface area contributed by atoms with E-state index >= 15 is 0 Å². The Morgan fingerprint density at radius 3 is 2.94 bits per heavy atom. The van der Waals surface area contributed by atoms with Crippen LogP contribution in [0.2, 0.25) is 5.02 Å². The molecule has 1 aromatic heterocycles. The molecule has 1 fully saturated rings. The molecule has 0 spiro atoms. The normalized spacial score (nSPS) is 18.4. The standard InChI is InChI=1S/C13H21ClN2OS/c1-2-7-16-13(11(14)8-15-16)12(17)9-18-10-5-3-4-6-10/h8,10,12,17H,2-7,9H2,1H3. The summed E-state index contributed by atoms with van der Waals surface area (Å²) in [5, 5.41) is 15.8. The Balaban J connectivity index is 1.94. The van der Waals surface area contributed by atoms with E-state index in [1.165, 1.54) is 25.7 Å². The summed E-state index contributed by atoms with van der Waals surface area (Å²) < 4.78 is 1.84. The van der Waals surface area contributed by atoms with Gasteiger partial charge in [-0.2, -0.15) is 16.9 Å².